The number of amides is 1. The Bertz CT molecular complexity index is 203. The normalized spacial score (nSPS) is 12.6. The van der Waals surface area contributed by atoms with Crippen LogP contribution in [0.2, 0.25) is 0 Å². The van der Waals surface area contributed by atoms with Gasteiger partial charge in [0.05, 0.1) is 0 Å². The molecule has 14 heavy (non-hydrogen) atoms. The molecule has 0 aliphatic heterocycles. The second kappa shape index (κ2) is 6.37. The number of rotatable bonds is 6. The van der Waals surface area contributed by atoms with E-state index in [4.69, 9.17) is 9.84 Å². The van der Waals surface area contributed by atoms with Gasteiger partial charge >= 0.3 is 5.97 Å². The van der Waals surface area contributed by atoms with Gasteiger partial charge < -0.3 is 15.2 Å². The van der Waals surface area contributed by atoms with E-state index in [9.17, 15) is 9.59 Å². The molecule has 82 valence electrons. The largest absolute Gasteiger partial charge is 0.479 e. The Balaban J connectivity index is 3.59. The lowest BCUT2D eigenvalue weighted by atomic mass is 10.2. The second-order valence-corrected chi connectivity index (χ2v) is 3.49. The topological polar surface area (TPSA) is 75.6 Å². The van der Waals surface area contributed by atoms with Crippen LogP contribution >= 0.6 is 0 Å². The lowest BCUT2D eigenvalue weighted by Gasteiger charge is -2.10. The van der Waals surface area contributed by atoms with E-state index in [-0.39, 0.29) is 12.5 Å². The quantitative estimate of drug-likeness (QED) is 0.648. The molecule has 0 heterocycles. The molecule has 0 rings (SSSR count). The minimum atomic E-state index is -1.07. The summed E-state index contributed by atoms with van der Waals surface area (Å²) >= 11 is 0. The Kier molecular flexibility index (Phi) is 5.87. The molecule has 0 fully saturated rings. The molecule has 0 bridgehead atoms. The van der Waals surface area contributed by atoms with Gasteiger partial charge in [0.1, 0.15) is 6.61 Å². The number of carbonyl (C=O) groups is 2. The van der Waals surface area contributed by atoms with Gasteiger partial charge in [0.25, 0.3) is 0 Å². The van der Waals surface area contributed by atoms with Crippen molar-refractivity contribution in [2.45, 2.75) is 26.9 Å². The van der Waals surface area contributed by atoms with Gasteiger partial charge in [-0.2, -0.15) is 0 Å². The summed E-state index contributed by atoms with van der Waals surface area (Å²) in [5.41, 5.74) is 0. The molecule has 0 saturated carbocycles. The SMILES string of the molecule is CC(C)CNC(=O)CO[C@@H](C)C(=O)O. The van der Waals surface area contributed by atoms with Gasteiger partial charge in [-0.1, -0.05) is 13.8 Å². The van der Waals surface area contributed by atoms with Crippen molar-refractivity contribution in [1.29, 1.82) is 0 Å². The zero-order valence-electron chi connectivity index (χ0n) is 8.74. The first kappa shape index (κ1) is 12.9. The predicted octanol–water partition coefficient (Wildman–Crippen LogP) is 0.248. The summed E-state index contributed by atoms with van der Waals surface area (Å²) in [6.45, 7) is 5.70. The Hall–Kier alpha value is -1.10. The molecule has 0 aromatic rings. The molecule has 0 aliphatic carbocycles. The van der Waals surface area contributed by atoms with Crippen molar-refractivity contribution in [1.82, 2.24) is 5.32 Å². The van der Waals surface area contributed by atoms with E-state index in [1.165, 1.54) is 6.92 Å². The van der Waals surface area contributed by atoms with Gasteiger partial charge in [0.15, 0.2) is 6.10 Å². The van der Waals surface area contributed by atoms with Crippen LogP contribution < -0.4 is 5.32 Å². The summed E-state index contributed by atoms with van der Waals surface area (Å²) in [5, 5.41) is 11.1. The van der Waals surface area contributed by atoms with Crippen molar-refractivity contribution in [2.75, 3.05) is 13.2 Å². The van der Waals surface area contributed by atoms with Crippen molar-refractivity contribution in [3.63, 3.8) is 0 Å². The van der Waals surface area contributed by atoms with Crippen LogP contribution in [-0.2, 0) is 14.3 Å². The summed E-state index contributed by atoms with van der Waals surface area (Å²) in [7, 11) is 0. The van der Waals surface area contributed by atoms with Gasteiger partial charge in [0.2, 0.25) is 5.91 Å². The fourth-order valence-corrected chi connectivity index (χ4v) is 0.641. The molecule has 1 amide bonds. The van der Waals surface area contributed by atoms with E-state index < -0.39 is 12.1 Å². The molecular weight excluding hydrogens is 186 g/mol. The average Bonchev–Trinajstić information content (AvgIpc) is 2.10. The summed E-state index contributed by atoms with van der Waals surface area (Å²) in [6.07, 6.45) is -0.945. The number of ether oxygens (including phenoxy) is 1. The monoisotopic (exact) mass is 203 g/mol. The summed E-state index contributed by atoms with van der Waals surface area (Å²) in [4.78, 5) is 21.4. The second-order valence-electron chi connectivity index (χ2n) is 3.49. The molecule has 0 radical (unpaired) electrons. The van der Waals surface area contributed by atoms with Crippen LogP contribution in [-0.4, -0.2) is 36.2 Å². The predicted molar refractivity (Wildman–Crippen MR) is 50.9 cm³/mol. The van der Waals surface area contributed by atoms with Gasteiger partial charge in [-0.15, -0.1) is 0 Å². The van der Waals surface area contributed by atoms with Crippen LogP contribution in [0.15, 0.2) is 0 Å². The fourth-order valence-electron chi connectivity index (χ4n) is 0.641. The minimum Gasteiger partial charge on any atom is -0.479 e. The number of carboxylic acids is 1. The van der Waals surface area contributed by atoms with Crippen molar-refractivity contribution in [3.8, 4) is 0 Å². The molecule has 0 aromatic carbocycles. The van der Waals surface area contributed by atoms with E-state index in [0.717, 1.165) is 0 Å². The maximum absolute atomic E-state index is 11.0. The third kappa shape index (κ3) is 6.42. The summed E-state index contributed by atoms with van der Waals surface area (Å²) in [5.74, 6) is -0.982. The standard InChI is InChI=1S/C9H17NO4/c1-6(2)4-10-8(11)5-14-7(3)9(12)13/h6-7H,4-5H2,1-3H3,(H,10,11)(H,12,13)/t7-/m0/s1. The Morgan fingerprint density at radius 2 is 1.93 bits per heavy atom. The molecule has 0 unspecified atom stereocenters. The number of carboxylic acid groups (broad SMARTS) is 1. The van der Waals surface area contributed by atoms with Crippen molar-refractivity contribution in [2.24, 2.45) is 5.92 Å². The number of nitrogens with one attached hydrogen (secondary N) is 1. The third-order valence-electron chi connectivity index (χ3n) is 1.52. The van der Waals surface area contributed by atoms with Crippen LogP contribution in [0.4, 0.5) is 0 Å². The van der Waals surface area contributed by atoms with Crippen LogP contribution in [0.3, 0.4) is 0 Å². The molecule has 0 aromatic heterocycles. The molecule has 0 spiro atoms. The molecule has 0 aliphatic rings. The molecule has 5 heteroatoms. The highest BCUT2D eigenvalue weighted by Crippen LogP contribution is 1.91. The maximum atomic E-state index is 11.0. The van der Waals surface area contributed by atoms with E-state index >= 15 is 0 Å². The Morgan fingerprint density at radius 1 is 1.36 bits per heavy atom. The van der Waals surface area contributed by atoms with E-state index in [1.807, 2.05) is 13.8 Å². The highest BCUT2D eigenvalue weighted by Gasteiger charge is 2.12. The van der Waals surface area contributed by atoms with E-state index in [2.05, 4.69) is 5.32 Å². The smallest absolute Gasteiger partial charge is 0.332 e. The van der Waals surface area contributed by atoms with Gasteiger partial charge in [-0.3, -0.25) is 4.79 Å². The minimum absolute atomic E-state index is 0.208. The van der Waals surface area contributed by atoms with Crippen LogP contribution in [0.25, 0.3) is 0 Å². The summed E-state index contributed by atoms with van der Waals surface area (Å²) < 4.78 is 4.79. The van der Waals surface area contributed by atoms with Crippen LogP contribution in [0.5, 0.6) is 0 Å². The van der Waals surface area contributed by atoms with Crippen LogP contribution in [0.1, 0.15) is 20.8 Å². The molecule has 0 saturated heterocycles. The highest BCUT2D eigenvalue weighted by atomic mass is 16.5. The first-order chi connectivity index (χ1) is 6.43. The van der Waals surface area contributed by atoms with Gasteiger partial charge in [-0.05, 0) is 12.8 Å². The molecular formula is C9H17NO4. The number of carbonyl (C=O) groups excluding carboxylic acids is 1. The zero-order valence-corrected chi connectivity index (χ0v) is 8.74. The van der Waals surface area contributed by atoms with E-state index in [1.54, 1.807) is 0 Å². The van der Waals surface area contributed by atoms with Crippen LogP contribution in [0, 0.1) is 5.92 Å². The molecule has 1 atom stereocenters. The highest BCUT2D eigenvalue weighted by molar-refractivity contribution is 5.78. The summed E-state index contributed by atoms with van der Waals surface area (Å²) in [6, 6.07) is 0. The fraction of sp³-hybridized carbons (Fsp3) is 0.778. The zero-order chi connectivity index (χ0) is 11.1. The van der Waals surface area contributed by atoms with Crippen molar-refractivity contribution in [3.05, 3.63) is 0 Å². The lowest BCUT2D eigenvalue weighted by molar-refractivity contribution is -0.150. The van der Waals surface area contributed by atoms with Crippen molar-refractivity contribution >= 4 is 11.9 Å². The molecule has 5 nitrogen and oxygen atoms in total. The maximum Gasteiger partial charge on any atom is 0.332 e. The number of hydrogen-bond donors (Lipinski definition) is 2. The van der Waals surface area contributed by atoms with Gasteiger partial charge in [-0.25, -0.2) is 4.79 Å². The lowest BCUT2D eigenvalue weighted by Crippen LogP contribution is -2.33. The average molecular weight is 203 g/mol. The Morgan fingerprint density at radius 3 is 2.36 bits per heavy atom. The van der Waals surface area contributed by atoms with E-state index in [0.29, 0.717) is 12.5 Å². The first-order valence-corrected chi connectivity index (χ1v) is 4.54. The number of hydrogen-bond acceptors (Lipinski definition) is 3. The first-order valence-electron chi connectivity index (χ1n) is 4.54. The third-order valence-corrected chi connectivity index (χ3v) is 1.52. The van der Waals surface area contributed by atoms with Crippen molar-refractivity contribution < 1.29 is 19.4 Å². The Labute approximate surface area is 83.4 Å². The molecule has 2 N–H and O–H groups in total. The number of aliphatic carboxylic acids is 1. The van der Waals surface area contributed by atoms with Gasteiger partial charge in [0, 0.05) is 6.54 Å².